The Balaban J connectivity index is 1.96. The summed E-state index contributed by atoms with van der Waals surface area (Å²) in [6.45, 7) is 2.01. The predicted molar refractivity (Wildman–Crippen MR) is 58.2 cm³/mol. The first kappa shape index (κ1) is 11.8. The Morgan fingerprint density at radius 1 is 1.71 bits per heavy atom. The number of aromatic nitrogens is 2. The number of carbonyl (C=O) groups excluding carboxylic acids is 1. The van der Waals surface area contributed by atoms with Gasteiger partial charge in [0.25, 0.3) is 0 Å². The van der Waals surface area contributed by atoms with E-state index in [0.29, 0.717) is 18.0 Å². The summed E-state index contributed by atoms with van der Waals surface area (Å²) in [4.78, 5) is 19.7. The monoisotopic (exact) mass is 239 g/mol. The van der Waals surface area contributed by atoms with Crippen molar-refractivity contribution in [3.05, 3.63) is 17.6 Å². The molecule has 92 valence electrons. The molecular weight excluding hydrogens is 225 g/mol. The number of hydrogen-bond acceptors (Lipinski definition) is 4. The topological polar surface area (TPSA) is 64.1 Å². The zero-order valence-electron chi connectivity index (χ0n) is 9.74. The maximum atomic E-state index is 12.6. The van der Waals surface area contributed by atoms with Crippen LogP contribution in [0.1, 0.15) is 17.8 Å². The molecule has 17 heavy (non-hydrogen) atoms. The Labute approximate surface area is 98.4 Å². The van der Waals surface area contributed by atoms with Gasteiger partial charge in [0.05, 0.1) is 25.3 Å². The highest BCUT2D eigenvalue weighted by molar-refractivity contribution is 5.81. The van der Waals surface area contributed by atoms with E-state index in [1.165, 1.54) is 7.11 Å². The average Bonchev–Trinajstić information content (AvgIpc) is 3.04. The summed E-state index contributed by atoms with van der Waals surface area (Å²) in [5.74, 6) is -0.376. The Bertz CT molecular complexity index is 439. The molecule has 0 aromatic carbocycles. The number of hydrogen-bond donors (Lipinski definition) is 1. The number of halogens is 1. The summed E-state index contributed by atoms with van der Waals surface area (Å²) in [7, 11) is 1.49. The summed E-state index contributed by atoms with van der Waals surface area (Å²) in [5, 5.41) is 2.62. The number of ether oxygens (including phenoxy) is 1. The lowest BCUT2D eigenvalue weighted by atomic mass is 10.3. The second-order valence-corrected chi connectivity index (χ2v) is 4.04. The highest BCUT2D eigenvalue weighted by Crippen LogP contribution is 2.33. The number of rotatable bonds is 4. The highest BCUT2D eigenvalue weighted by Gasteiger charge is 2.43. The van der Waals surface area contributed by atoms with Crippen molar-refractivity contribution in [3.63, 3.8) is 0 Å². The van der Waals surface area contributed by atoms with Crippen LogP contribution in [0.25, 0.3) is 0 Å². The average molecular weight is 239 g/mol. The van der Waals surface area contributed by atoms with E-state index in [1.807, 2.05) is 0 Å². The van der Waals surface area contributed by atoms with Crippen molar-refractivity contribution in [1.82, 2.24) is 15.3 Å². The van der Waals surface area contributed by atoms with Crippen LogP contribution in [-0.2, 0) is 11.3 Å². The summed E-state index contributed by atoms with van der Waals surface area (Å²) in [6, 6.07) is 0. The minimum Gasteiger partial charge on any atom is -0.480 e. The molecule has 1 aromatic heterocycles. The number of aryl methyl sites for hydroxylation is 1. The lowest BCUT2D eigenvalue weighted by Gasteiger charge is -2.08. The zero-order chi connectivity index (χ0) is 12.4. The van der Waals surface area contributed by atoms with Crippen LogP contribution >= 0.6 is 0 Å². The normalized spacial score (nSPS) is 22.1. The van der Waals surface area contributed by atoms with Gasteiger partial charge in [0.1, 0.15) is 11.9 Å². The van der Waals surface area contributed by atoms with E-state index in [0.717, 1.165) is 5.69 Å². The Morgan fingerprint density at radius 2 is 2.41 bits per heavy atom. The summed E-state index contributed by atoms with van der Waals surface area (Å²) < 4.78 is 17.7. The molecule has 1 amide bonds. The first-order valence-electron chi connectivity index (χ1n) is 5.40. The fourth-order valence-corrected chi connectivity index (χ4v) is 1.50. The lowest BCUT2D eigenvalue weighted by Crippen LogP contribution is -2.26. The van der Waals surface area contributed by atoms with E-state index in [1.54, 1.807) is 13.1 Å². The van der Waals surface area contributed by atoms with Crippen LogP contribution in [0.4, 0.5) is 4.39 Å². The zero-order valence-corrected chi connectivity index (χ0v) is 9.74. The molecule has 0 spiro atoms. The van der Waals surface area contributed by atoms with Crippen LogP contribution in [0.2, 0.25) is 0 Å². The molecule has 5 nitrogen and oxygen atoms in total. The fraction of sp³-hybridized carbons (Fsp3) is 0.545. The fourth-order valence-electron chi connectivity index (χ4n) is 1.50. The second kappa shape index (κ2) is 4.65. The van der Waals surface area contributed by atoms with Crippen molar-refractivity contribution < 1.29 is 13.9 Å². The van der Waals surface area contributed by atoms with Crippen LogP contribution in [0.3, 0.4) is 0 Å². The van der Waals surface area contributed by atoms with Crippen LogP contribution in [-0.4, -0.2) is 29.2 Å². The Hall–Kier alpha value is -1.72. The van der Waals surface area contributed by atoms with Crippen LogP contribution < -0.4 is 10.1 Å². The molecule has 1 aliphatic rings. The smallest absolute Gasteiger partial charge is 0.237 e. The van der Waals surface area contributed by atoms with Crippen molar-refractivity contribution >= 4 is 5.91 Å². The quantitative estimate of drug-likeness (QED) is 0.842. The molecule has 1 saturated carbocycles. The second-order valence-electron chi connectivity index (χ2n) is 4.04. The minimum absolute atomic E-state index is 0.207. The van der Waals surface area contributed by atoms with Crippen molar-refractivity contribution in [2.24, 2.45) is 5.92 Å². The summed E-state index contributed by atoms with van der Waals surface area (Å²) in [5.41, 5.74) is 1.28. The molecule has 2 atom stereocenters. The van der Waals surface area contributed by atoms with E-state index < -0.39 is 12.1 Å². The molecule has 0 saturated heterocycles. The van der Waals surface area contributed by atoms with Crippen LogP contribution in [0.15, 0.2) is 6.20 Å². The van der Waals surface area contributed by atoms with Gasteiger partial charge in [-0.1, -0.05) is 0 Å². The summed E-state index contributed by atoms with van der Waals surface area (Å²) in [6.07, 6.45) is 0.933. The number of carbonyl (C=O) groups is 1. The molecule has 0 radical (unpaired) electrons. The molecule has 1 fully saturated rings. The van der Waals surface area contributed by atoms with Crippen molar-refractivity contribution in [3.8, 4) is 5.88 Å². The van der Waals surface area contributed by atoms with Gasteiger partial charge in [-0.3, -0.25) is 9.78 Å². The lowest BCUT2D eigenvalue weighted by molar-refractivity contribution is -0.122. The summed E-state index contributed by atoms with van der Waals surface area (Å²) >= 11 is 0. The Morgan fingerprint density at radius 3 is 3.00 bits per heavy atom. The van der Waals surface area contributed by atoms with Crippen molar-refractivity contribution in [2.45, 2.75) is 26.1 Å². The SMILES string of the molecule is COc1nc(C)cnc1CNC(=O)[C@@H]1C[C@H]1F. The molecule has 6 heteroatoms. The third kappa shape index (κ3) is 2.69. The van der Waals surface area contributed by atoms with Gasteiger partial charge >= 0.3 is 0 Å². The predicted octanol–water partition coefficient (Wildman–Crippen LogP) is 0.768. The van der Waals surface area contributed by atoms with Crippen LogP contribution in [0.5, 0.6) is 5.88 Å². The van der Waals surface area contributed by atoms with E-state index >= 15 is 0 Å². The van der Waals surface area contributed by atoms with Gasteiger partial charge in [0.2, 0.25) is 11.8 Å². The number of nitrogens with zero attached hydrogens (tertiary/aromatic N) is 2. The molecule has 1 heterocycles. The maximum absolute atomic E-state index is 12.6. The first-order valence-corrected chi connectivity index (χ1v) is 5.40. The third-order valence-corrected chi connectivity index (χ3v) is 2.60. The molecule has 0 bridgehead atoms. The third-order valence-electron chi connectivity index (χ3n) is 2.60. The standard InChI is InChI=1S/C11H14FN3O2/c1-6-4-13-9(11(15-6)17-2)5-14-10(16)7-3-8(7)12/h4,7-8H,3,5H2,1-2H3,(H,14,16)/t7-,8-/m1/s1. The van der Waals surface area contributed by atoms with Gasteiger partial charge in [-0.25, -0.2) is 9.37 Å². The molecule has 1 aromatic rings. The van der Waals surface area contributed by atoms with E-state index in [-0.39, 0.29) is 12.5 Å². The van der Waals surface area contributed by atoms with E-state index in [4.69, 9.17) is 4.74 Å². The number of methoxy groups -OCH3 is 1. The molecule has 2 rings (SSSR count). The van der Waals surface area contributed by atoms with Gasteiger partial charge in [0.15, 0.2) is 0 Å². The van der Waals surface area contributed by atoms with Gasteiger partial charge in [-0.15, -0.1) is 0 Å². The van der Waals surface area contributed by atoms with E-state index in [9.17, 15) is 9.18 Å². The molecule has 1 aliphatic carbocycles. The van der Waals surface area contributed by atoms with Gasteiger partial charge in [-0.2, -0.15) is 0 Å². The van der Waals surface area contributed by atoms with Crippen LogP contribution in [0, 0.1) is 12.8 Å². The largest absolute Gasteiger partial charge is 0.480 e. The number of alkyl halides is 1. The number of nitrogens with one attached hydrogen (secondary N) is 1. The molecule has 0 aliphatic heterocycles. The van der Waals surface area contributed by atoms with Gasteiger partial charge in [0, 0.05) is 6.20 Å². The van der Waals surface area contributed by atoms with Crippen molar-refractivity contribution in [1.29, 1.82) is 0 Å². The maximum Gasteiger partial charge on any atom is 0.237 e. The minimum atomic E-state index is -0.985. The number of amides is 1. The van der Waals surface area contributed by atoms with Gasteiger partial charge in [-0.05, 0) is 13.3 Å². The molecule has 0 unspecified atom stereocenters. The highest BCUT2D eigenvalue weighted by atomic mass is 19.1. The molecular formula is C11H14FN3O2. The van der Waals surface area contributed by atoms with Crippen molar-refractivity contribution in [2.75, 3.05) is 7.11 Å². The van der Waals surface area contributed by atoms with Gasteiger partial charge < -0.3 is 10.1 Å². The van der Waals surface area contributed by atoms with E-state index in [2.05, 4.69) is 15.3 Å². The Kier molecular flexibility index (Phi) is 3.21. The molecule has 1 N–H and O–H groups in total. The first-order chi connectivity index (χ1) is 8.11.